The fraction of sp³-hybridized carbons (Fsp3) is 0.250. The lowest BCUT2D eigenvalue weighted by molar-refractivity contribution is -0.134. The van der Waals surface area contributed by atoms with Crippen LogP contribution < -0.4 is 4.74 Å². The summed E-state index contributed by atoms with van der Waals surface area (Å²) < 4.78 is 9.91. The summed E-state index contributed by atoms with van der Waals surface area (Å²) in [7, 11) is 1.32. The first-order valence-corrected chi connectivity index (χ1v) is 4.83. The quantitative estimate of drug-likeness (QED) is 0.624. The second-order valence-corrected chi connectivity index (χ2v) is 3.20. The standard InChI is InChI=1S/C12H14O4/c1-9(3-8-12(14)15-2)16-11-6-4-10(13)5-7-11/h3-9,13H,1-2H3. The van der Waals surface area contributed by atoms with Crippen molar-refractivity contribution < 1.29 is 19.4 Å². The summed E-state index contributed by atoms with van der Waals surface area (Å²) in [6.07, 6.45) is 2.66. The third kappa shape index (κ3) is 4.04. The molecule has 4 nitrogen and oxygen atoms in total. The van der Waals surface area contributed by atoms with E-state index < -0.39 is 5.97 Å². The van der Waals surface area contributed by atoms with Gasteiger partial charge in [0.25, 0.3) is 0 Å². The minimum absolute atomic E-state index is 0.185. The summed E-state index contributed by atoms with van der Waals surface area (Å²) in [6.45, 7) is 1.80. The first-order valence-electron chi connectivity index (χ1n) is 4.83. The van der Waals surface area contributed by atoms with Crippen molar-refractivity contribution in [3.05, 3.63) is 36.4 Å². The monoisotopic (exact) mass is 222 g/mol. The Morgan fingerprint density at radius 1 is 1.38 bits per heavy atom. The smallest absolute Gasteiger partial charge is 0.330 e. The van der Waals surface area contributed by atoms with Crippen LogP contribution in [-0.4, -0.2) is 24.3 Å². The highest BCUT2D eigenvalue weighted by Crippen LogP contribution is 2.17. The van der Waals surface area contributed by atoms with Crippen LogP contribution in [0.5, 0.6) is 11.5 Å². The Bertz CT molecular complexity index is 367. The Hall–Kier alpha value is -1.97. The van der Waals surface area contributed by atoms with Crippen LogP contribution in [0.2, 0.25) is 0 Å². The summed E-state index contributed by atoms with van der Waals surface area (Å²) in [6, 6.07) is 6.37. The number of phenolic OH excluding ortho intramolecular Hbond substituents is 1. The van der Waals surface area contributed by atoms with Gasteiger partial charge < -0.3 is 14.6 Å². The van der Waals surface area contributed by atoms with E-state index in [9.17, 15) is 4.79 Å². The molecule has 0 saturated heterocycles. The molecule has 0 aliphatic carbocycles. The number of carbonyl (C=O) groups excluding carboxylic acids is 1. The molecule has 0 amide bonds. The van der Waals surface area contributed by atoms with E-state index in [1.165, 1.54) is 25.3 Å². The molecule has 1 aromatic carbocycles. The van der Waals surface area contributed by atoms with Crippen molar-refractivity contribution in [1.82, 2.24) is 0 Å². The van der Waals surface area contributed by atoms with Crippen molar-refractivity contribution in [1.29, 1.82) is 0 Å². The topological polar surface area (TPSA) is 55.8 Å². The molecule has 1 N–H and O–H groups in total. The molecule has 1 atom stereocenters. The van der Waals surface area contributed by atoms with Crippen LogP contribution in [0.15, 0.2) is 36.4 Å². The Labute approximate surface area is 94.1 Å². The maximum atomic E-state index is 10.8. The third-order valence-electron chi connectivity index (χ3n) is 1.86. The number of phenols is 1. The van der Waals surface area contributed by atoms with E-state index in [-0.39, 0.29) is 11.9 Å². The van der Waals surface area contributed by atoms with Gasteiger partial charge in [0, 0.05) is 6.08 Å². The van der Waals surface area contributed by atoms with E-state index in [0.29, 0.717) is 5.75 Å². The highest BCUT2D eigenvalue weighted by Gasteiger charge is 2.01. The van der Waals surface area contributed by atoms with E-state index in [4.69, 9.17) is 9.84 Å². The van der Waals surface area contributed by atoms with E-state index in [1.807, 2.05) is 0 Å². The van der Waals surface area contributed by atoms with Gasteiger partial charge in [0.15, 0.2) is 0 Å². The van der Waals surface area contributed by atoms with Crippen molar-refractivity contribution in [2.24, 2.45) is 0 Å². The molecular weight excluding hydrogens is 208 g/mol. The maximum Gasteiger partial charge on any atom is 0.330 e. The second-order valence-electron chi connectivity index (χ2n) is 3.20. The molecule has 1 rings (SSSR count). The van der Waals surface area contributed by atoms with Crippen LogP contribution in [0, 0.1) is 0 Å². The molecule has 86 valence electrons. The second kappa shape index (κ2) is 5.80. The zero-order chi connectivity index (χ0) is 12.0. The van der Waals surface area contributed by atoms with E-state index >= 15 is 0 Å². The van der Waals surface area contributed by atoms with Gasteiger partial charge in [-0.3, -0.25) is 0 Å². The molecule has 4 heteroatoms. The number of benzene rings is 1. The molecule has 0 saturated carbocycles. The molecule has 0 radical (unpaired) electrons. The molecule has 0 heterocycles. The first kappa shape index (κ1) is 12.1. The lowest BCUT2D eigenvalue weighted by atomic mass is 10.3. The molecule has 0 aromatic heterocycles. The van der Waals surface area contributed by atoms with Crippen LogP contribution in [0.1, 0.15) is 6.92 Å². The minimum Gasteiger partial charge on any atom is -0.508 e. The van der Waals surface area contributed by atoms with Crippen LogP contribution in [0.4, 0.5) is 0 Å². The highest BCUT2D eigenvalue weighted by molar-refractivity contribution is 5.81. The predicted molar refractivity (Wildman–Crippen MR) is 59.4 cm³/mol. The summed E-state index contributed by atoms with van der Waals surface area (Å²) in [5, 5.41) is 9.07. The predicted octanol–water partition coefficient (Wildman–Crippen LogP) is 1.89. The molecule has 0 bridgehead atoms. The summed E-state index contributed by atoms with van der Waals surface area (Å²) >= 11 is 0. The molecule has 1 aromatic rings. The molecule has 16 heavy (non-hydrogen) atoms. The van der Waals surface area contributed by atoms with Crippen molar-refractivity contribution in [3.63, 3.8) is 0 Å². The van der Waals surface area contributed by atoms with Crippen molar-refractivity contribution in [2.75, 3.05) is 7.11 Å². The Balaban J connectivity index is 2.51. The van der Waals surface area contributed by atoms with Crippen LogP contribution in [-0.2, 0) is 9.53 Å². The van der Waals surface area contributed by atoms with Crippen LogP contribution in [0.3, 0.4) is 0 Å². The fourth-order valence-corrected chi connectivity index (χ4v) is 1.06. The summed E-state index contributed by atoms with van der Waals surface area (Å²) in [5.74, 6) is 0.395. The van der Waals surface area contributed by atoms with E-state index in [0.717, 1.165) is 0 Å². The van der Waals surface area contributed by atoms with Gasteiger partial charge in [-0.1, -0.05) is 0 Å². The molecule has 0 aliphatic rings. The maximum absolute atomic E-state index is 10.8. The molecule has 0 aliphatic heterocycles. The summed E-state index contributed by atoms with van der Waals surface area (Å²) in [5.41, 5.74) is 0. The minimum atomic E-state index is -0.416. The average molecular weight is 222 g/mol. The molecule has 1 unspecified atom stereocenters. The number of hydrogen-bond acceptors (Lipinski definition) is 4. The van der Waals surface area contributed by atoms with Crippen LogP contribution in [0.25, 0.3) is 0 Å². The van der Waals surface area contributed by atoms with Gasteiger partial charge in [-0.25, -0.2) is 4.79 Å². The highest BCUT2D eigenvalue weighted by atomic mass is 16.5. The number of ether oxygens (including phenoxy) is 2. The van der Waals surface area contributed by atoms with Gasteiger partial charge in [0.1, 0.15) is 17.6 Å². The van der Waals surface area contributed by atoms with Crippen LogP contribution >= 0.6 is 0 Å². The summed E-state index contributed by atoms with van der Waals surface area (Å²) in [4.78, 5) is 10.8. The first-order chi connectivity index (χ1) is 7.61. The lowest BCUT2D eigenvalue weighted by Crippen LogP contribution is -2.09. The van der Waals surface area contributed by atoms with Gasteiger partial charge in [-0.2, -0.15) is 0 Å². The lowest BCUT2D eigenvalue weighted by Gasteiger charge is -2.10. The fourth-order valence-electron chi connectivity index (χ4n) is 1.06. The number of aromatic hydroxyl groups is 1. The van der Waals surface area contributed by atoms with Gasteiger partial charge >= 0.3 is 5.97 Å². The molecule has 0 fully saturated rings. The van der Waals surface area contributed by atoms with E-state index in [2.05, 4.69) is 4.74 Å². The number of carbonyl (C=O) groups is 1. The van der Waals surface area contributed by atoms with Gasteiger partial charge in [0.05, 0.1) is 7.11 Å². The van der Waals surface area contributed by atoms with Crippen molar-refractivity contribution >= 4 is 5.97 Å². The Kier molecular flexibility index (Phi) is 4.39. The zero-order valence-corrected chi connectivity index (χ0v) is 9.21. The van der Waals surface area contributed by atoms with Gasteiger partial charge in [0.2, 0.25) is 0 Å². The number of rotatable bonds is 4. The molecule has 0 spiro atoms. The van der Waals surface area contributed by atoms with Gasteiger partial charge in [-0.05, 0) is 37.3 Å². The van der Waals surface area contributed by atoms with Crippen molar-refractivity contribution in [2.45, 2.75) is 13.0 Å². The number of methoxy groups -OCH3 is 1. The van der Waals surface area contributed by atoms with E-state index in [1.54, 1.807) is 25.1 Å². The zero-order valence-electron chi connectivity index (χ0n) is 9.21. The largest absolute Gasteiger partial charge is 0.508 e. The third-order valence-corrected chi connectivity index (χ3v) is 1.86. The van der Waals surface area contributed by atoms with Crippen molar-refractivity contribution in [3.8, 4) is 11.5 Å². The van der Waals surface area contributed by atoms with Gasteiger partial charge in [-0.15, -0.1) is 0 Å². The Morgan fingerprint density at radius 2 is 2.00 bits per heavy atom. The SMILES string of the molecule is COC(=O)C=CC(C)Oc1ccc(O)cc1. The number of hydrogen-bond donors (Lipinski definition) is 1. The number of esters is 1. The molecular formula is C12H14O4. The average Bonchev–Trinajstić information content (AvgIpc) is 2.29. The Morgan fingerprint density at radius 3 is 2.56 bits per heavy atom. The normalized spacial score (nSPS) is 12.4.